The van der Waals surface area contributed by atoms with E-state index in [0.29, 0.717) is 0 Å². The molecule has 0 unspecified atom stereocenters. The van der Waals surface area contributed by atoms with Crippen molar-refractivity contribution in [2.75, 3.05) is 33.7 Å². The molecule has 1 heterocycles. The van der Waals surface area contributed by atoms with Crippen LogP contribution in [-0.4, -0.2) is 55.5 Å². The van der Waals surface area contributed by atoms with E-state index in [2.05, 4.69) is 5.32 Å². The van der Waals surface area contributed by atoms with Crippen LogP contribution < -0.4 is 5.32 Å². The molecule has 1 aliphatic heterocycles. The maximum Gasteiger partial charge on any atom is 0.320 e. The molecule has 0 aromatic heterocycles. The molecule has 0 aliphatic carbocycles. The molecule has 0 bridgehead atoms. The summed E-state index contributed by atoms with van der Waals surface area (Å²) in [6.07, 6.45) is 2.14. The lowest BCUT2D eigenvalue weighted by Crippen LogP contribution is -2.43. The van der Waals surface area contributed by atoms with Crippen molar-refractivity contribution in [3.8, 4) is 0 Å². The van der Waals surface area contributed by atoms with E-state index in [9.17, 15) is 9.59 Å². The Hall–Kier alpha value is -1.26. The summed E-state index contributed by atoms with van der Waals surface area (Å²) >= 11 is 0. The van der Waals surface area contributed by atoms with Crippen molar-refractivity contribution in [2.24, 2.45) is 0 Å². The Bertz CT molecular complexity index is 224. The van der Waals surface area contributed by atoms with E-state index < -0.39 is 0 Å². The van der Waals surface area contributed by atoms with Crippen LogP contribution in [0.2, 0.25) is 0 Å². The van der Waals surface area contributed by atoms with E-state index in [1.165, 1.54) is 4.90 Å². The highest BCUT2D eigenvalue weighted by molar-refractivity contribution is 5.83. The van der Waals surface area contributed by atoms with Crippen molar-refractivity contribution < 1.29 is 9.59 Å². The Morgan fingerprint density at radius 1 is 1.36 bits per heavy atom. The van der Waals surface area contributed by atoms with Gasteiger partial charge in [-0.15, -0.1) is 0 Å². The van der Waals surface area contributed by atoms with Crippen molar-refractivity contribution in [1.82, 2.24) is 15.1 Å². The van der Waals surface area contributed by atoms with E-state index in [1.54, 1.807) is 19.0 Å². The number of likely N-dealkylation sites (N-methyl/N-ethyl adjacent to an activating group) is 2. The van der Waals surface area contributed by atoms with Gasteiger partial charge in [-0.25, -0.2) is 4.79 Å². The molecule has 0 aromatic rings. The molecular formula is C9H17N3O2. The summed E-state index contributed by atoms with van der Waals surface area (Å²) in [5.41, 5.74) is 0. The number of likely N-dealkylation sites (tertiary alicyclic amines) is 1. The summed E-state index contributed by atoms with van der Waals surface area (Å²) in [6.45, 7) is 1.76. The van der Waals surface area contributed by atoms with E-state index in [-0.39, 0.29) is 18.5 Å². The molecule has 0 spiro atoms. The van der Waals surface area contributed by atoms with Crippen LogP contribution in [0.4, 0.5) is 4.79 Å². The van der Waals surface area contributed by atoms with Crippen LogP contribution >= 0.6 is 0 Å². The van der Waals surface area contributed by atoms with Gasteiger partial charge in [0.15, 0.2) is 0 Å². The van der Waals surface area contributed by atoms with Crippen LogP contribution in [0, 0.1) is 0 Å². The minimum Gasteiger partial charge on any atom is -0.358 e. The van der Waals surface area contributed by atoms with Gasteiger partial charge in [-0.1, -0.05) is 0 Å². The zero-order valence-electron chi connectivity index (χ0n) is 8.75. The van der Waals surface area contributed by atoms with Crippen molar-refractivity contribution in [3.63, 3.8) is 0 Å². The van der Waals surface area contributed by atoms with Crippen molar-refractivity contribution in [3.05, 3.63) is 0 Å². The monoisotopic (exact) mass is 199 g/mol. The molecule has 1 fully saturated rings. The number of hydrogen-bond donors (Lipinski definition) is 1. The summed E-state index contributed by atoms with van der Waals surface area (Å²) in [5.74, 6) is -0.139. The Balaban J connectivity index is 2.39. The van der Waals surface area contributed by atoms with E-state index in [4.69, 9.17) is 0 Å². The summed E-state index contributed by atoms with van der Waals surface area (Å²) in [7, 11) is 3.21. The maximum atomic E-state index is 11.7. The second kappa shape index (κ2) is 4.83. The lowest BCUT2D eigenvalue weighted by atomic mass is 10.4. The van der Waals surface area contributed by atoms with Gasteiger partial charge in [0, 0.05) is 27.2 Å². The third-order valence-corrected chi connectivity index (χ3v) is 2.36. The SMILES string of the molecule is CNC(=O)CN(C)C(=O)N1CCCC1. The van der Waals surface area contributed by atoms with Crippen LogP contribution in [-0.2, 0) is 4.79 Å². The van der Waals surface area contributed by atoms with Crippen LogP contribution in [0.5, 0.6) is 0 Å². The zero-order valence-corrected chi connectivity index (χ0v) is 8.75. The molecular weight excluding hydrogens is 182 g/mol. The lowest BCUT2D eigenvalue weighted by molar-refractivity contribution is -0.121. The molecule has 1 rings (SSSR count). The maximum absolute atomic E-state index is 11.7. The molecule has 1 N–H and O–H groups in total. The average Bonchev–Trinajstić information content (AvgIpc) is 2.69. The Morgan fingerprint density at radius 2 is 1.93 bits per heavy atom. The fraction of sp³-hybridized carbons (Fsp3) is 0.778. The highest BCUT2D eigenvalue weighted by atomic mass is 16.2. The molecule has 0 saturated carbocycles. The molecule has 5 nitrogen and oxygen atoms in total. The smallest absolute Gasteiger partial charge is 0.320 e. The van der Waals surface area contributed by atoms with Crippen LogP contribution in [0.3, 0.4) is 0 Å². The van der Waals surface area contributed by atoms with Gasteiger partial charge in [-0.3, -0.25) is 4.79 Å². The predicted octanol–water partition coefficient (Wildman–Crippen LogP) is -0.120. The average molecular weight is 199 g/mol. The number of urea groups is 1. The highest BCUT2D eigenvalue weighted by Crippen LogP contribution is 2.09. The molecule has 0 aromatic carbocycles. The minimum absolute atomic E-state index is 0.0499. The van der Waals surface area contributed by atoms with Crippen molar-refractivity contribution in [1.29, 1.82) is 0 Å². The van der Waals surface area contributed by atoms with Crippen molar-refractivity contribution >= 4 is 11.9 Å². The minimum atomic E-state index is -0.139. The molecule has 1 saturated heterocycles. The topological polar surface area (TPSA) is 52.7 Å². The van der Waals surface area contributed by atoms with Gasteiger partial charge >= 0.3 is 6.03 Å². The quantitative estimate of drug-likeness (QED) is 0.674. The number of rotatable bonds is 2. The predicted molar refractivity (Wildman–Crippen MR) is 52.9 cm³/mol. The lowest BCUT2D eigenvalue weighted by Gasteiger charge is -2.23. The molecule has 1 aliphatic rings. The molecule has 0 atom stereocenters. The van der Waals surface area contributed by atoms with E-state index in [1.807, 2.05) is 0 Å². The summed E-state index contributed by atoms with van der Waals surface area (Å²) in [6, 6.07) is -0.0499. The largest absolute Gasteiger partial charge is 0.358 e. The number of amides is 3. The van der Waals surface area contributed by atoms with Gasteiger partial charge in [-0.2, -0.15) is 0 Å². The highest BCUT2D eigenvalue weighted by Gasteiger charge is 2.21. The van der Waals surface area contributed by atoms with Crippen molar-refractivity contribution in [2.45, 2.75) is 12.8 Å². The Labute approximate surface area is 84.0 Å². The van der Waals surface area contributed by atoms with Crippen LogP contribution in [0.25, 0.3) is 0 Å². The second-order valence-electron chi connectivity index (χ2n) is 3.51. The van der Waals surface area contributed by atoms with Gasteiger partial charge in [0.05, 0.1) is 0 Å². The molecule has 5 heteroatoms. The van der Waals surface area contributed by atoms with Gasteiger partial charge in [0.1, 0.15) is 6.54 Å². The normalized spacial score (nSPS) is 15.4. The third-order valence-electron chi connectivity index (χ3n) is 2.36. The fourth-order valence-corrected chi connectivity index (χ4v) is 1.51. The number of nitrogens with zero attached hydrogens (tertiary/aromatic N) is 2. The summed E-state index contributed by atoms with van der Waals surface area (Å²) in [5, 5.41) is 2.49. The van der Waals surface area contributed by atoms with Gasteiger partial charge in [0.25, 0.3) is 0 Å². The Kier molecular flexibility index (Phi) is 3.73. The van der Waals surface area contributed by atoms with Gasteiger partial charge in [-0.05, 0) is 12.8 Å². The first kappa shape index (κ1) is 10.8. The molecule has 80 valence electrons. The number of hydrogen-bond acceptors (Lipinski definition) is 2. The van der Waals surface area contributed by atoms with Crippen LogP contribution in [0.1, 0.15) is 12.8 Å². The van der Waals surface area contributed by atoms with E-state index in [0.717, 1.165) is 25.9 Å². The number of nitrogens with one attached hydrogen (secondary N) is 1. The summed E-state index contributed by atoms with van der Waals surface area (Å²) in [4.78, 5) is 25.9. The first-order valence-corrected chi connectivity index (χ1v) is 4.85. The third kappa shape index (κ3) is 2.61. The second-order valence-corrected chi connectivity index (χ2v) is 3.51. The molecule has 3 amide bonds. The Morgan fingerprint density at radius 3 is 2.43 bits per heavy atom. The van der Waals surface area contributed by atoms with Crippen LogP contribution in [0.15, 0.2) is 0 Å². The van der Waals surface area contributed by atoms with Gasteiger partial charge < -0.3 is 15.1 Å². The number of carbonyl (C=O) groups is 2. The standard InChI is InChI=1S/C9H17N3O2/c1-10-8(13)7-11(2)9(14)12-5-3-4-6-12/h3-7H2,1-2H3,(H,10,13). The first-order valence-electron chi connectivity index (χ1n) is 4.85. The number of carbonyl (C=O) groups excluding carboxylic acids is 2. The summed E-state index contributed by atoms with van der Waals surface area (Å²) < 4.78 is 0. The van der Waals surface area contributed by atoms with E-state index >= 15 is 0 Å². The fourth-order valence-electron chi connectivity index (χ4n) is 1.51. The zero-order chi connectivity index (χ0) is 10.6. The molecule has 14 heavy (non-hydrogen) atoms. The molecule has 0 radical (unpaired) electrons. The van der Waals surface area contributed by atoms with Gasteiger partial charge in [0.2, 0.25) is 5.91 Å². The first-order chi connectivity index (χ1) is 6.65.